The average molecular weight is 453 g/mol. The maximum Gasteiger partial charge on any atom is 0.338 e. The van der Waals surface area contributed by atoms with Crippen LogP contribution in [0.1, 0.15) is 106 Å². The molecule has 33 heavy (non-hydrogen) atoms. The fourth-order valence-corrected chi connectivity index (χ4v) is 3.97. The number of rotatable bonds is 19. The van der Waals surface area contributed by atoms with Crippen molar-refractivity contribution in [2.45, 2.75) is 96.8 Å². The number of esters is 1. The van der Waals surface area contributed by atoms with Crippen molar-refractivity contribution in [1.82, 2.24) is 0 Å². The molecule has 3 nitrogen and oxygen atoms in total. The van der Waals surface area contributed by atoms with Crippen LogP contribution in [-0.2, 0) is 11.2 Å². The predicted molar refractivity (Wildman–Crippen MR) is 138 cm³/mol. The first-order valence-electron chi connectivity index (χ1n) is 13.2. The molecule has 0 spiro atoms. The molecule has 0 radical (unpaired) electrons. The highest BCUT2D eigenvalue weighted by Crippen LogP contribution is 2.15. The summed E-state index contributed by atoms with van der Waals surface area (Å²) < 4.78 is 11.2. The second-order valence-electron chi connectivity index (χ2n) is 8.99. The Morgan fingerprint density at radius 3 is 1.88 bits per heavy atom. The van der Waals surface area contributed by atoms with Gasteiger partial charge in [-0.1, -0.05) is 101 Å². The van der Waals surface area contributed by atoms with Gasteiger partial charge in [-0.15, -0.1) is 0 Å². The van der Waals surface area contributed by atoms with Gasteiger partial charge in [0.05, 0.1) is 18.8 Å². The monoisotopic (exact) mass is 452 g/mol. The third-order valence-corrected chi connectivity index (χ3v) is 6.04. The third-order valence-electron chi connectivity index (χ3n) is 6.04. The summed E-state index contributed by atoms with van der Waals surface area (Å²) >= 11 is 0. The van der Waals surface area contributed by atoms with Crippen LogP contribution >= 0.6 is 0 Å². The first-order valence-corrected chi connectivity index (χ1v) is 13.2. The largest absolute Gasteiger partial charge is 0.494 e. The van der Waals surface area contributed by atoms with Gasteiger partial charge >= 0.3 is 5.97 Å². The van der Waals surface area contributed by atoms with E-state index in [0.717, 1.165) is 31.6 Å². The molecule has 0 aromatic heterocycles. The van der Waals surface area contributed by atoms with Crippen LogP contribution in [-0.4, -0.2) is 19.2 Å². The van der Waals surface area contributed by atoms with E-state index in [4.69, 9.17) is 9.47 Å². The lowest BCUT2D eigenvalue weighted by Crippen LogP contribution is -2.06. The van der Waals surface area contributed by atoms with Crippen molar-refractivity contribution in [2.75, 3.05) is 13.2 Å². The number of unbranched alkanes of at least 4 members (excludes halogenated alkanes) is 11. The molecule has 0 unspecified atom stereocenters. The summed E-state index contributed by atoms with van der Waals surface area (Å²) in [6, 6.07) is 18.1. The summed E-state index contributed by atoms with van der Waals surface area (Å²) in [4.78, 5) is 12.2. The van der Waals surface area contributed by atoms with E-state index >= 15 is 0 Å². The Balaban J connectivity index is 1.41. The zero-order chi connectivity index (χ0) is 23.4. The van der Waals surface area contributed by atoms with E-state index in [9.17, 15) is 4.79 Å². The van der Waals surface area contributed by atoms with Gasteiger partial charge in [-0.05, 0) is 55.5 Å². The van der Waals surface area contributed by atoms with E-state index in [-0.39, 0.29) is 5.97 Å². The standard InChI is InChI=1S/C30H44O3/c1-2-3-4-10-16-25-32-29-23-21-28(22-24-29)30(31)33-26-17-11-8-6-5-7-9-13-18-27-19-14-12-15-20-27/h12,14-15,19-24H,2-11,13,16-18,25-26H2,1H3. The highest BCUT2D eigenvalue weighted by atomic mass is 16.5. The fourth-order valence-electron chi connectivity index (χ4n) is 3.97. The van der Waals surface area contributed by atoms with Crippen molar-refractivity contribution in [2.24, 2.45) is 0 Å². The summed E-state index contributed by atoms with van der Waals surface area (Å²) in [5.41, 5.74) is 2.05. The molecule has 0 aliphatic heterocycles. The van der Waals surface area contributed by atoms with E-state index in [0.29, 0.717) is 12.2 Å². The van der Waals surface area contributed by atoms with Gasteiger partial charge in [0.15, 0.2) is 0 Å². The van der Waals surface area contributed by atoms with Crippen LogP contribution < -0.4 is 4.74 Å². The molecule has 0 saturated carbocycles. The van der Waals surface area contributed by atoms with Crippen molar-refractivity contribution in [3.05, 3.63) is 65.7 Å². The molecule has 0 bridgehead atoms. The molecule has 0 aliphatic carbocycles. The van der Waals surface area contributed by atoms with Gasteiger partial charge in [0.2, 0.25) is 0 Å². The minimum Gasteiger partial charge on any atom is -0.494 e. The van der Waals surface area contributed by atoms with Gasteiger partial charge in [-0.25, -0.2) is 4.79 Å². The molecule has 182 valence electrons. The van der Waals surface area contributed by atoms with E-state index in [1.807, 2.05) is 12.1 Å². The smallest absolute Gasteiger partial charge is 0.338 e. The molecule has 0 saturated heterocycles. The lowest BCUT2D eigenvalue weighted by Gasteiger charge is -2.08. The van der Waals surface area contributed by atoms with Gasteiger partial charge in [-0.3, -0.25) is 0 Å². The third kappa shape index (κ3) is 13.1. The van der Waals surface area contributed by atoms with Gasteiger partial charge in [0.1, 0.15) is 5.75 Å². The maximum absolute atomic E-state index is 12.2. The number of hydrogen-bond donors (Lipinski definition) is 0. The summed E-state index contributed by atoms with van der Waals surface area (Å²) in [6.07, 6.45) is 17.1. The van der Waals surface area contributed by atoms with Gasteiger partial charge in [-0.2, -0.15) is 0 Å². The van der Waals surface area contributed by atoms with Gasteiger partial charge < -0.3 is 9.47 Å². The highest BCUT2D eigenvalue weighted by Gasteiger charge is 2.07. The minimum absolute atomic E-state index is 0.237. The SMILES string of the molecule is CCCCCCCOc1ccc(C(=O)OCCCCCCCCCCc2ccccc2)cc1. The van der Waals surface area contributed by atoms with E-state index in [2.05, 4.69) is 37.3 Å². The van der Waals surface area contributed by atoms with Crippen LogP contribution in [0, 0.1) is 0 Å². The van der Waals surface area contributed by atoms with Crippen LogP contribution in [0.25, 0.3) is 0 Å². The minimum atomic E-state index is -0.237. The molecule has 0 heterocycles. The van der Waals surface area contributed by atoms with E-state index < -0.39 is 0 Å². The zero-order valence-electron chi connectivity index (χ0n) is 20.7. The lowest BCUT2D eigenvalue weighted by molar-refractivity contribution is 0.0497. The number of carbonyl (C=O) groups excluding carboxylic acids is 1. The average Bonchev–Trinajstić information content (AvgIpc) is 2.85. The van der Waals surface area contributed by atoms with Gasteiger partial charge in [0, 0.05) is 0 Å². The van der Waals surface area contributed by atoms with E-state index in [1.54, 1.807) is 12.1 Å². The second kappa shape index (κ2) is 18.2. The first kappa shape index (κ1) is 27.0. The molecule has 0 fully saturated rings. The molecule has 0 amide bonds. The lowest BCUT2D eigenvalue weighted by atomic mass is 10.0. The van der Waals surface area contributed by atoms with Crippen molar-refractivity contribution in [3.63, 3.8) is 0 Å². The molecule has 0 N–H and O–H groups in total. The highest BCUT2D eigenvalue weighted by molar-refractivity contribution is 5.89. The van der Waals surface area contributed by atoms with E-state index in [1.165, 1.54) is 76.2 Å². The number of carbonyl (C=O) groups is 1. The molecule has 2 aromatic carbocycles. The Morgan fingerprint density at radius 2 is 1.21 bits per heavy atom. The summed E-state index contributed by atoms with van der Waals surface area (Å²) in [5.74, 6) is 0.585. The molecule has 2 aromatic rings. The van der Waals surface area contributed by atoms with Crippen molar-refractivity contribution in [1.29, 1.82) is 0 Å². The second-order valence-corrected chi connectivity index (χ2v) is 8.99. The summed E-state index contributed by atoms with van der Waals surface area (Å²) in [7, 11) is 0. The van der Waals surface area contributed by atoms with Crippen LogP contribution in [0.3, 0.4) is 0 Å². The zero-order valence-corrected chi connectivity index (χ0v) is 20.7. The van der Waals surface area contributed by atoms with Crippen LogP contribution in [0.4, 0.5) is 0 Å². The summed E-state index contributed by atoms with van der Waals surface area (Å²) in [6.45, 7) is 3.47. The number of benzene rings is 2. The Bertz CT molecular complexity index is 724. The molecule has 0 atom stereocenters. The number of ether oxygens (including phenoxy) is 2. The topological polar surface area (TPSA) is 35.5 Å². The van der Waals surface area contributed by atoms with Crippen LogP contribution in [0.15, 0.2) is 54.6 Å². The number of hydrogen-bond acceptors (Lipinski definition) is 3. The normalized spacial score (nSPS) is 10.8. The molecule has 0 aliphatic rings. The van der Waals surface area contributed by atoms with Crippen LogP contribution in [0.5, 0.6) is 5.75 Å². The van der Waals surface area contributed by atoms with Crippen molar-refractivity contribution in [3.8, 4) is 5.75 Å². The molecular weight excluding hydrogens is 408 g/mol. The van der Waals surface area contributed by atoms with Crippen molar-refractivity contribution < 1.29 is 14.3 Å². The Hall–Kier alpha value is -2.29. The van der Waals surface area contributed by atoms with Crippen LogP contribution in [0.2, 0.25) is 0 Å². The quantitative estimate of drug-likeness (QED) is 0.158. The fraction of sp³-hybridized carbons (Fsp3) is 0.567. The maximum atomic E-state index is 12.2. The van der Waals surface area contributed by atoms with Crippen molar-refractivity contribution >= 4 is 5.97 Å². The van der Waals surface area contributed by atoms with Gasteiger partial charge in [0.25, 0.3) is 0 Å². The Kier molecular flexibility index (Phi) is 14.8. The first-order chi connectivity index (χ1) is 16.3. The number of aryl methyl sites for hydroxylation is 1. The predicted octanol–water partition coefficient (Wildman–Crippen LogP) is 8.56. The molecular formula is C30H44O3. The Labute approximate surface area is 201 Å². The molecule has 3 heteroatoms. The summed E-state index contributed by atoms with van der Waals surface area (Å²) in [5, 5.41) is 0. The Morgan fingerprint density at radius 1 is 0.636 bits per heavy atom. The molecule has 2 rings (SSSR count).